The van der Waals surface area contributed by atoms with E-state index in [4.69, 9.17) is 4.74 Å². The number of amides is 3. The Morgan fingerprint density at radius 2 is 1.61 bits per heavy atom. The zero-order valence-electron chi connectivity index (χ0n) is 27.6. The van der Waals surface area contributed by atoms with Gasteiger partial charge in [-0.25, -0.2) is 0 Å². The summed E-state index contributed by atoms with van der Waals surface area (Å²) < 4.78 is 6.02. The van der Waals surface area contributed by atoms with Crippen LogP contribution < -0.4 is 20.7 Å². The number of fused-ring (bicyclic) bond motifs is 1. The molecular formula is C38H48N4O4. The quantitative estimate of drug-likeness (QED) is 0.257. The van der Waals surface area contributed by atoms with E-state index in [0.717, 1.165) is 42.6 Å². The first-order valence-electron chi connectivity index (χ1n) is 16.7. The van der Waals surface area contributed by atoms with Crippen molar-refractivity contribution in [2.45, 2.75) is 96.0 Å². The molecule has 1 saturated heterocycles. The SMILES string of the molecule is CN[C@@H](C)C(=O)N[C@@H](Cc1ccc(OCc2ccc(C(C)C)cc2)cc1)C(=O)N1CCC[C@H]1C(=O)N[C@@H]1CCCc2ccccc21. The van der Waals surface area contributed by atoms with E-state index < -0.39 is 18.1 Å². The fourth-order valence-electron chi connectivity index (χ4n) is 6.43. The first-order valence-corrected chi connectivity index (χ1v) is 16.7. The van der Waals surface area contributed by atoms with Gasteiger partial charge in [0.25, 0.3) is 0 Å². The van der Waals surface area contributed by atoms with E-state index in [9.17, 15) is 14.4 Å². The molecule has 1 fully saturated rings. The van der Waals surface area contributed by atoms with E-state index in [0.29, 0.717) is 31.9 Å². The van der Waals surface area contributed by atoms with Crippen LogP contribution in [0.15, 0.2) is 72.8 Å². The third-order valence-electron chi connectivity index (χ3n) is 9.38. The highest BCUT2D eigenvalue weighted by Crippen LogP contribution is 2.30. The van der Waals surface area contributed by atoms with Gasteiger partial charge in [-0.3, -0.25) is 14.4 Å². The molecule has 1 aliphatic carbocycles. The number of hydrogen-bond acceptors (Lipinski definition) is 5. The van der Waals surface area contributed by atoms with Crippen LogP contribution in [0.5, 0.6) is 5.75 Å². The van der Waals surface area contributed by atoms with Gasteiger partial charge in [0.15, 0.2) is 0 Å². The van der Waals surface area contributed by atoms with Gasteiger partial charge in [-0.05, 0) is 91.9 Å². The highest BCUT2D eigenvalue weighted by atomic mass is 16.5. The molecule has 8 nitrogen and oxygen atoms in total. The Morgan fingerprint density at radius 1 is 0.891 bits per heavy atom. The number of likely N-dealkylation sites (tertiary alicyclic amines) is 1. The molecule has 0 spiro atoms. The van der Waals surface area contributed by atoms with Crippen molar-refractivity contribution < 1.29 is 19.1 Å². The minimum atomic E-state index is -0.807. The number of likely N-dealkylation sites (N-methyl/N-ethyl adjacent to an activating group) is 1. The average Bonchev–Trinajstić information content (AvgIpc) is 3.57. The Kier molecular flexibility index (Phi) is 11.1. The molecule has 3 N–H and O–H groups in total. The molecule has 8 heteroatoms. The number of benzene rings is 3. The van der Waals surface area contributed by atoms with Crippen LogP contribution in [0.1, 0.15) is 86.2 Å². The van der Waals surface area contributed by atoms with E-state index in [1.54, 1.807) is 18.9 Å². The van der Waals surface area contributed by atoms with Crippen LogP contribution in [-0.4, -0.2) is 54.3 Å². The molecule has 1 heterocycles. The maximum Gasteiger partial charge on any atom is 0.246 e. The molecule has 4 atom stereocenters. The van der Waals surface area contributed by atoms with Crippen molar-refractivity contribution in [2.24, 2.45) is 0 Å². The minimum Gasteiger partial charge on any atom is -0.489 e. The maximum atomic E-state index is 14.1. The van der Waals surface area contributed by atoms with Crippen LogP contribution in [-0.2, 0) is 33.8 Å². The molecule has 0 aromatic heterocycles. The molecule has 0 saturated carbocycles. The number of nitrogens with one attached hydrogen (secondary N) is 3. The van der Waals surface area contributed by atoms with Crippen LogP contribution in [0.3, 0.4) is 0 Å². The van der Waals surface area contributed by atoms with E-state index in [2.05, 4.69) is 66.2 Å². The summed E-state index contributed by atoms with van der Waals surface area (Å²) in [5.41, 5.74) is 5.72. The smallest absolute Gasteiger partial charge is 0.246 e. The zero-order chi connectivity index (χ0) is 32.6. The number of ether oxygens (including phenoxy) is 1. The molecule has 0 bridgehead atoms. The Balaban J connectivity index is 1.25. The van der Waals surface area contributed by atoms with Crippen molar-refractivity contribution in [3.8, 4) is 5.75 Å². The Bertz CT molecular complexity index is 1490. The van der Waals surface area contributed by atoms with Crippen LogP contribution in [0, 0.1) is 0 Å². The van der Waals surface area contributed by atoms with Crippen molar-refractivity contribution >= 4 is 17.7 Å². The number of nitrogens with zero attached hydrogens (tertiary/aromatic N) is 1. The van der Waals surface area contributed by atoms with Gasteiger partial charge >= 0.3 is 0 Å². The number of carbonyl (C=O) groups is 3. The Labute approximate surface area is 273 Å². The number of aryl methyl sites for hydroxylation is 1. The second kappa shape index (κ2) is 15.4. The van der Waals surface area contributed by atoms with Crippen LogP contribution in [0.4, 0.5) is 0 Å². The first kappa shape index (κ1) is 33.2. The van der Waals surface area contributed by atoms with Gasteiger partial charge in [0.05, 0.1) is 12.1 Å². The summed E-state index contributed by atoms with van der Waals surface area (Å²) in [6.07, 6.45) is 4.56. The van der Waals surface area contributed by atoms with E-state index >= 15 is 0 Å². The van der Waals surface area contributed by atoms with E-state index in [-0.39, 0.29) is 23.8 Å². The standard InChI is InChI=1S/C38H48N4O4/c1-25(2)29-18-14-28(15-19-29)24-46-31-20-16-27(17-21-31)23-34(41-36(43)26(3)39-4)38(45)42-22-8-13-35(42)37(44)40-33-12-7-10-30-9-5-6-11-32(30)33/h5-6,9,11,14-21,25-26,33-35,39H,7-8,10,12-13,22-24H2,1-4H3,(H,40,44)(H,41,43)/t26-,33+,34-,35-/m0/s1. The zero-order valence-corrected chi connectivity index (χ0v) is 27.6. The van der Waals surface area contributed by atoms with Crippen LogP contribution in [0.25, 0.3) is 0 Å². The number of rotatable bonds is 12. The number of carbonyl (C=O) groups excluding carboxylic acids is 3. The molecule has 3 aromatic rings. The molecule has 1 aliphatic heterocycles. The first-order chi connectivity index (χ1) is 22.2. The summed E-state index contributed by atoms with van der Waals surface area (Å²) in [5.74, 6) is 0.596. The lowest BCUT2D eigenvalue weighted by molar-refractivity contribution is -0.141. The lowest BCUT2D eigenvalue weighted by atomic mass is 9.87. The molecule has 0 unspecified atom stereocenters. The predicted molar refractivity (Wildman–Crippen MR) is 180 cm³/mol. The second-order valence-electron chi connectivity index (χ2n) is 12.9. The van der Waals surface area contributed by atoms with Crippen molar-refractivity contribution in [1.82, 2.24) is 20.9 Å². The largest absolute Gasteiger partial charge is 0.489 e. The Morgan fingerprint density at radius 3 is 2.33 bits per heavy atom. The summed E-state index contributed by atoms with van der Waals surface area (Å²) in [4.78, 5) is 42.4. The molecule has 46 heavy (non-hydrogen) atoms. The third-order valence-corrected chi connectivity index (χ3v) is 9.38. The molecular weight excluding hydrogens is 576 g/mol. The minimum absolute atomic E-state index is 0.0536. The van der Waals surface area contributed by atoms with Crippen molar-refractivity contribution in [3.05, 3.63) is 101 Å². The Hall–Kier alpha value is -4.17. The summed E-state index contributed by atoms with van der Waals surface area (Å²) >= 11 is 0. The van der Waals surface area contributed by atoms with Gasteiger partial charge < -0.3 is 25.6 Å². The molecule has 3 aromatic carbocycles. The highest BCUT2D eigenvalue weighted by Gasteiger charge is 2.39. The summed E-state index contributed by atoms with van der Waals surface area (Å²) in [7, 11) is 1.71. The predicted octanol–water partition coefficient (Wildman–Crippen LogP) is 5.21. The topological polar surface area (TPSA) is 99.8 Å². The normalized spacial score (nSPS) is 18.8. The number of hydrogen-bond donors (Lipinski definition) is 3. The van der Waals surface area contributed by atoms with Crippen LogP contribution in [0.2, 0.25) is 0 Å². The van der Waals surface area contributed by atoms with Crippen molar-refractivity contribution in [2.75, 3.05) is 13.6 Å². The summed E-state index contributed by atoms with van der Waals surface area (Å²) in [6, 6.07) is 22.5. The van der Waals surface area contributed by atoms with Gasteiger partial charge in [0.2, 0.25) is 17.7 Å². The monoisotopic (exact) mass is 624 g/mol. The molecule has 3 amide bonds. The average molecular weight is 625 g/mol. The van der Waals surface area contributed by atoms with Gasteiger partial charge in [-0.2, -0.15) is 0 Å². The van der Waals surface area contributed by atoms with Gasteiger partial charge in [-0.15, -0.1) is 0 Å². The maximum absolute atomic E-state index is 14.1. The van der Waals surface area contributed by atoms with Crippen LogP contribution >= 0.6 is 0 Å². The van der Waals surface area contributed by atoms with Gasteiger partial charge in [0, 0.05) is 13.0 Å². The molecule has 0 radical (unpaired) electrons. The second-order valence-corrected chi connectivity index (χ2v) is 12.9. The van der Waals surface area contributed by atoms with E-state index in [1.165, 1.54) is 16.7 Å². The fourth-order valence-corrected chi connectivity index (χ4v) is 6.43. The van der Waals surface area contributed by atoms with Gasteiger partial charge in [-0.1, -0.05) is 74.5 Å². The summed E-state index contributed by atoms with van der Waals surface area (Å²) in [5, 5.41) is 9.17. The van der Waals surface area contributed by atoms with Crippen molar-refractivity contribution in [3.63, 3.8) is 0 Å². The van der Waals surface area contributed by atoms with Crippen molar-refractivity contribution in [1.29, 1.82) is 0 Å². The lowest BCUT2D eigenvalue weighted by Gasteiger charge is -2.32. The molecule has 244 valence electrons. The third kappa shape index (κ3) is 8.15. The molecule has 5 rings (SSSR count). The lowest BCUT2D eigenvalue weighted by Crippen LogP contribution is -2.56. The van der Waals surface area contributed by atoms with E-state index in [1.807, 2.05) is 36.4 Å². The summed E-state index contributed by atoms with van der Waals surface area (Å²) in [6.45, 7) is 7.05. The fraction of sp³-hybridized carbons (Fsp3) is 0.447. The van der Waals surface area contributed by atoms with Gasteiger partial charge in [0.1, 0.15) is 24.4 Å². The molecule has 2 aliphatic rings. The highest BCUT2D eigenvalue weighted by molar-refractivity contribution is 5.93.